The number of para-hydroxylation sites is 1. The zero-order valence-electron chi connectivity index (χ0n) is 11.3. The topological polar surface area (TPSA) is 73.8 Å². The number of anilines is 1. The van der Waals surface area contributed by atoms with Crippen LogP contribution in [0.3, 0.4) is 0 Å². The Morgan fingerprint density at radius 1 is 1.33 bits per heavy atom. The first-order valence-corrected chi connectivity index (χ1v) is 7.45. The van der Waals surface area contributed by atoms with Gasteiger partial charge in [0.1, 0.15) is 12.1 Å². The van der Waals surface area contributed by atoms with Gasteiger partial charge >= 0.3 is 0 Å². The van der Waals surface area contributed by atoms with Gasteiger partial charge in [-0.05, 0) is 34.0 Å². The summed E-state index contributed by atoms with van der Waals surface area (Å²) in [6.45, 7) is 0.0238. The molecule has 0 saturated heterocycles. The first-order valence-electron chi connectivity index (χ1n) is 6.66. The van der Waals surface area contributed by atoms with Gasteiger partial charge in [0.15, 0.2) is 0 Å². The predicted molar refractivity (Wildman–Crippen MR) is 86.2 cm³/mol. The van der Waals surface area contributed by atoms with Gasteiger partial charge < -0.3 is 15.4 Å². The lowest BCUT2D eigenvalue weighted by molar-refractivity contribution is 0.273. The average molecular weight is 347 g/mol. The van der Waals surface area contributed by atoms with Crippen LogP contribution < -0.4 is 5.32 Å². The molecule has 2 heterocycles. The number of nitrogens with one attached hydrogen (secondary N) is 2. The summed E-state index contributed by atoms with van der Waals surface area (Å²) >= 11 is 3.40. The molecule has 5 nitrogen and oxygen atoms in total. The molecule has 108 valence electrons. The molecule has 3 N–H and O–H groups in total. The van der Waals surface area contributed by atoms with E-state index in [2.05, 4.69) is 42.3 Å². The minimum absolute atomic E-state index is 0.0238. The molecule has 0 aliphatic heterocycles. The summed E-state index contributed by atoms with van der Waals surface area (Å²) in [6, 6.07) is 8.03. The molecule has 21 heavy (non-hydrogen) atoms. The molecule has 0 spiro atoms. The van der Waals surface area contributed by atoms with Crippen LogP contribution in [0.1, 0.15) is 5.56 Å². The summed E-state index contributed by atoms with van der Waals surface area (Å²) in [6.07, 6.45) is 5.85. The standard InChI is InChI=1S/C15H15BrN4O/c16-13-7-17-9-19-15(13)20-11(8-21)5-10-6-18-14-4-2-1-3-12(10)14/h1-4,6-7,9,11,18,21H,5,8H2,(H,17,19,20). The molecule has 3 aromatic rings. The summed E-state index contributed by atoms with van der Waals surface area (Å²) in [5, 5.41) is 14.0. The lowest BCUT2D eigenvalue weighted by atomic mass is 10.1. The number of halogens is 1. The number of aliphatic hydroxyl groups is 1. The number of rotatable bonds is 5. The maximum Gasteiger partial charge on any atom is 0.144 e. The SMILES string of the molecule is OCC(Cc1c[nH]c2ccccc12)Nc1ncncc1Br. The van der Waals surface area contributed by atoms with Crippen molar-refractivity contribution in [3.8, 4) is 0 Å². The van der Waals surface area contributed by atoms with E-state index in [1.165, 1.54) is 17.3 Å². The first kappa shape index (κ1) is 14.0. The number of benzene rings is 1. The number of H-pyrrole nitrogens is 1. The van der Waals surface area contributed by atoms with E-state index in [0.717, 1.165) is 9.99 Å². The Hall–Kier alpha value is -1.92. The fraction of sp³-hybridized carbons (Fsp3) is 0.200. The van der Waals surface area contributed by atoms with Crippen molar-refractivity contribution in [1.29, 1.82) is 0 Å². The van der Waals surface area contributed by atoms with Crippen LogP contribution in [0.5, 0.6) is 0 Å². The van der Waals surface area contributed by atoms with Crippen molar-refractivity contribution in [1.82, 2.24) is 15.0 Å². The van der Waals surface area contributed by atoms with Gasteiger partial charge in [0.2, 0.25) is 0 Å². The lowest BCUT2D eigenvalue weighted by Gasteiger charge is -2.17. The van der Waals surface area contributed by atoms with Gasteiger partial charge in [-0.2, -0.15) is 0 Å². The van der Waals surface area contributed by atoms with Gasteiger partial charge in [0.25, 0.3) is 0 Å². The summed E-state index contributed by atoms with van der Waals surface area (Å²) in [7, 11) is 0. The van der Waals surface area contributed by atoms with E-state index in [1.54, 1.807) is 6.20 Å². The molecule has 0 aliphatic rings. The van der Waals surface area contributed by atoms with Gasteiger partial charge in [-0.25, -0.2) is 9.97 Å². The maximum absolute atomic E-state index is 9.62. The molecule has 0 aliphatic carbocycles. The Morgan fingerprint density at radius 2 is 2.19 bits per heavy atom. The number of nitrogens with zero attached hydrogens (tertiary/aromatic N) is 2. The average Bonchev–Trinajstić information content (AvgIpc) is 2.92. The minimum atomic E-state index is -0.115. The van der Waals surface area contributed by atoms with E-state index in [0.29, 0.717) is 12.2 Å². The quantitative estimate of drug-likeness (QED) is 0.664. The number of aliphatic hydroxyl groups excluding tert-OH is 1. The Kier molecular flexibility index (Phi) is 4.17. The van der Waals surface area contributed by atoms with Crippen molar-refractivity contribution in [2.45, 2.75) is 12.5 Å². The van der Waals surface area contributed by atoms with E-state index in [9.17, 15) is 5.11 Å². The molecule has 1 aromatic carbocycles. The molecular weight excluding hydrogens is 332 g/mol. The Bertz CT molecular complexity index is 743. The van der Waals surface area contributed by atoms with Crippen molar-refractivity contribution in [3.63, 3.8) is 0 Å². The summed E-state index contributed by atoms with van der Waals surface area (Å²) in [4.78, 5) is 11.3. The molecule has 0 fully saturated rings. The van der Waals surface area contributed by atoms with E-state index < -0.39 is 0 Å². The summed E-state index contributed by atoms with van der Waals surface area (Å²) in [5.41, 5.74) is 2.27. The van der Waals surface area contributed by atoms with Crippen molar-refractivity contribution in [3.05, 3.63) is 53.0 Å². The Balaban J connectivity index is 1.80. The van der Waals surface area contributed by atoms with Gasteiger partial charge in [-0.1, -0.05) is 18.2 Å². The fourth-order valence-electron chi connectivity index (χ4n) is 2.34. The zero-order chi connectivity index (χ0) is 14.7. The number of fused-ring (bicyclic) bond motifs is 1. The second-order valence-electron chi connectivity index (χ2n) is 4.81. The van der Waals surface area contributed by atoms with Crippen molar-refractivity contribution in [2.24, 2.45) is 0 Å². The number of aromatic amines is 1. The normalized spacial score (nSPS) is 12.5. The monoisotopic (exact) mass is 346 g/mol. The highest BCUT2D eigenvalue weighted by molar-refractivity contribution is 9.10. The number of hydrogen-bond donors (Lipinski definition) is 3. The first-order chi connectivity index (χ1) is 10.3. The largest absolute Gasteiger partial charge is 0.394 e. The maximum atomic E-state index is 9.62. The van der Waals surface area contributed by atoms with E-state index >= 15 is 0 Å². The smallest absolute Gasteiger partial charge is 0.144 e. The fourth-order valence-corrected chi connectivity index (χ4v) is 2.67. The van der Waals surface area contributed by atoms with Crippen molar-refractivity contribution < 1.29 is 5.11 Å². The number of hydrogen-bond acceptors (Lipinski definition) is 4. The minimum Gasteiger partial charge on any atom is -0.394 e. The third kappa shape index (κ3) is 3.06. The Morgan fingerprint density at radius 3 is 3.00 bits per heavy atom. The van der Waals surface area contributed by atoms with Crippen LogP contribution >= 0.6 is 15.9 Å². The summed E-state index contributed by atoms with van der Waals surface area (Å²) in [5.74, 6) is 0.684. The van der Waals surface area contributed by atoms with E-state index in [4.69, 9.17) is 0 Å². The third-order valence-electron chi connectivity index (χ3n) is 3.37. The van der Waals surface area contributed by atoms with Crippen LogP contribution in [0.2, 0.25) is 0 Å². The van der Waals surface area contributed by atoms with Crippen LogP contribution in [0.15, 0.2) is 47.5 Å². The van der Waals surface area contributed by atoms with E-state index in [-0.39, 0.29) is 12.6 Å². The highest BCUT2D eigenvalue weighted by atomic mass is 79.9. The van der Waals surface area contributed by atoms with Crippen LogP contribution in [-0.4, -0.2) is 32.7 Å². The molecule has 0 bridgehead atoms. The molecule has 1 atom stereocenters. The molecular formula is C15H15BrN4O. The van der Waals surface area contributed by atoms with E-state index in [1.807, 2.05) is 24.4 Å². The zero-order valence-corrected chi connectivity index (χ0v) is 12.8. The highest BCUT2D eigenvalue weighted by Crippen LogP contribution is 2.22. The van der Waals surface area contributed by atoms with Gasteiger partial charge in [0, 0.05) is 23.3 Å². The molecule has 1 unspecified atom stereocenters. The van der Waals surface area contributed by atoms with Gasteiger partial charge in [-0.15, -0.1) is 0 Å². The van der Waals surface area contributed by atoms with Crippen LogP contribution in [0.25, 0.3) is 10.9 Å². The number of aromatic nitrogens is 3. The molecule has 0 saturated carbocycles. The Labute approximate surface area is 130 Å². The molecule has 0 amide bonds. The van der Waals surface area contributed by atoms with Gasteiger partial charge in [0.05, 0.1) is 17.1 Å². The predicted octanol–water partition coefficient (Wildman–Crippen LogP) is 2.74. The van der Waals surface area contributed by atoms with Crippen LogP contribution in [0.4, 0.5) is 5.82 Å². The molecule has 6 heteroatoms. The molecule has 3 rings (SSSR count). The second-order valence-corrected chi connectivity index (χ2v) is 5.66. The third-order valence-corrected chi connectivity index (χ3v) is 3.95. The van der Waals surface area contributed by atoms with Crippen LogP contribution in [-0.2, 0) is 6.42 Å². The molecule has 2 aromatic heterocycles. The van der Waals surface area contributed by atoms with Crippen LogP contribution in [0, 0.1) is 0 Å². The van der Waals surface area contributed by atoms with Crippen molar-refractivity contribution >= 4 is 32.7 Å². The highest BCUT2D eigenvalue weighted by Gasteiger charge is 2.13. The van der Waals surface area contributed by atoms with Crippen molar-refractivity contribution in [2.75, 3.05) is 11.9 Å². The lowest BCUT2D eigenvalue weighted by Crippen LogP contribution is -2.27. The molecule has 0 radical (unpaired) electrons. The second kappa shape index (κ2) is 6.24. The summed E-state index contributed by atoms with van der Waals surface area (Å²) < 4.78 is 0.780. The van der Waals surface area contributed by atoms with Gasteiger partial charge in [-0.3, -0.25) is 0 Å².